The zero-order valence-electron chi connectivity index (χ0n) is 27.5. The molecule has 2 bridgehead atoms. The van der Waals surface area contributed by atoms with Crippen molar-refractivity contribution in [2.75, 3.05) is 29.6 Å². The summed E-state index contributed by atoms with van der Waals surface area (Å²) in [5.41, 5.74) is 8.16. The fourth-order valence-corrected chi connectivity index (χ4v) is 8.51. The second kappa shape index (κ2) is 11.0. The molecule has 4 aliphatic heterocycles. The number of rotatable bonds is 6. The molecule has 4 aromatic carbocycles. The van der Waals surface area contributed by atoms with E-state index in [2.05, 4.69) is 19.8 Å². The summed E-state index contributed by atoms with van der Waals surface area (Å²) in [6, 6.07) is 23.0. The van der Waals surface area contributed by atoms with Gasteiger partial charge in [-0.2, -0.15) is 0 Å². The average Bonchev–Trinajstić information content (AvgIpc) is 3.16. The van der Waals surface area contributed by atoms with Gasteiger partial charge in [-0.25, -0.2) is 0 Å². The van der Waals surface area contributed by atoms with E-state index in [0.717, 1.165) is 44.4 Å². The lowest BCUT2D eigenvalue weighted by atomic mass is 9.86. The van der Waals surface area contributed by atoms with Gasteiger partial charge in [0.15, 0.2) is 0 Å². The molecule has 0 fully saturated rings. The molecule has 6 aromatic rings. The van der Waals surface area contributed by atoms with Gasteiger partial charge >= 0.3 is 0 Å². The van der Waals surface area contributed by atoms with E-state index in [0.29, 0.717) is 65.6 Å². The second-order valence-electron chi connectivity index (χ2n) is 13.6. The Morgan fingerprint density at radius 1 is 0.510 bits per heavy atom. The molecule has 0 atom stereocenters. The minimum absolute atomic E-state index is 0.273. The van der Waals surface area contributed by atoms with Gasteiger partial charge in [0.25, 0.3) is 23.6 Å². The lowest BCUT2D eigenvalue weighted by Crippen LogP contribution is -2.47. The van der Waals surface area contributed by atoms with Crippen LogP contribution in [-0.2, 0) is 25.9 Å². The Hall–Kier alpha value is -6.42. The quantitative estimate of drug-likeness (QED) is 0.206. The van der Waals surface area contributed by atoms with Gasteiger partial charge in [0.2, 0.25) is 0 Å². The molecule has 248 valence electrons. The summed E-state index contributed by atoms with van der Waals surface area (Å²) in [7, 11) is 0. The molecule has 4 amide bonds. The van der Waals surface area contributed by atoms with Crippen LogP contribution in [0.3, 0.4) is 0 Å². The highest BCUT2D eigenvalue weighted by Gasteiger charge is 2.40. The summed E-state index contributed by atoms with van der Waals surface area (Å²) in [5, 5.41) is 3.16. The van der Waals surface area contributed by atoms with Crippen molar-refractivity contribution < 1.29 is 19.2 Å². The topological polar surface area (TPSA) is 107 Å². The molecule has 0 N–H and O–H groups in total. The Kier molecular flexibility index (Phi) is 6.39. The Bertz CT molecular complexity index is 2340. The molecule has 4 aliphatic rings. The van der Waals surface area contributed by atoms with Gasteiger partial charge in [0.1, 0.15) is 0 Å². The zero-order chi connectivity index (χ0) is 34.4. The normalized spacial score (nSPS) is 15.9. The minimum Gasteiger partial charge on any atom is -0.349 e. The largest absolute Gasteiger partial charge is 0.349 e. The van der Waals surface area contributed by atoms with Gasteiger partial charge < -0.3 is 9.80 Å². The molecular weight excluding hydrogens is 640 g/mol. The molecule has 10 rings (SSSR count). The van der Waals surface area contributed by atoms with E-state index in [9.17, 15) is 19.2 Å². The third kappa shape index (κ3) is 4.35. The summed E-state index contributed by atoms with van der Waals surface area (Å²) < 4.78 is 0. The first-order valence-electron chi connectivity index (χ1n) is 17.1. The first-order valence-corrected chi connectivity index (χ1v) is 17.1. The number of carbonyl (C=O) groups excluding carboxylic acids is 4. The van der Waals surface area contributed by atoms with Gasteiger partial charge in [-0.05, 0) is 83.6 Å². The number of hydrogen-bond acceptors (Lipinski definition) is 8. The van der Waals surface area contributed by atoms with Gasteiger partial charge in [-0.15, -0.1) is 0 Å². The SMILES string of the molecule is O=C1c2cccc3c4c(cc(c23)C(=O)N1CCc1ccncc1)CN1CN4Cc2cc3c4c(cccc4c21)C(=O)N(CCc1ccncc1)C3=O. The molecule has 0 unspecified atom stereocenters. The number of aromatic nitrogens is 2. The highest BCUT2D eigenvalue weighted by molar-refractivity contribution is 6.28. The van der Waals surface area contributed by atoms with E-state index < -0.39 is 0 Å². The van der Waals surface area contributed by atoms with Crippen LogP contribution in [0.25, 0.3) is 21.5 Å². The summed E-state index contributed by atoms with van der Waals surface area (Å²) in [5.74, 6) is -1.13. The van der Waals surface area contributed by atoms with E-state index in [-0.39, 0.29) is 36.7 Å². The van der Waals surface area contributed by atoms with Crippen molar-refractivity contribution in [2.24, 2.45) is 0 Å². The van der Waals surface area contributed by atoms with Crippen LogP contribution < -0.4 is 9.80 Å². The van der Waals surface area contributed by atoms with Crippen molar-refractivity contribution in [2.45, 2.75) is 25.9 Å². The van der Waals surface area contributed by atoms with E-state index in [1.807, 2.05) is 72.8 Å². The fourth-order valence-electron chi connectivity index (χ4n) is 8.51. The predicted octanol–water partition coefficient (Wildman–Crippen LogP) is 5.76. The number of imide groups is 2. The highest BCUT2D eigenvalue weighted by Crippen LogP contribution is 2.48. The average molecular weight is 671 g/mol. The number of amides is 4. The molecule has 51 heavy (non-hydrogen) atoms. The third-order valence-electron chi connectivity index (χ3n) is 10.8. The molecule has 0 saturated carbocycles. The van der Waals surface area contributed by atoms with Crippen molar-refractivity contribution in [3.63, 3.8) is 0 Å². The number of benzene rings is 4. The van der Waals surface area contributed by atoms with Gasteiger partial charge in [-0.3, -0.25) is 38.9 Å². The number of hydrogen-bond donors (Lipinski definition) is 0. The van der Waals surface area contributed by atoms with E-state index in [1.54, 1.807) is 24.8 Å². The van der Waals surface area contributed by atoms with Crippen molar-refractivity contribution in [1.29, 1.82) is 0 Å². The second-order valence-corrected chi connectivity index (χ2v) is 13.6. The van der Waals surface area contributed by atoms with Crippen molar-refractivity contribution in [3.05, 3.63) is 142 Å². The summed E-state index contributed by atoms with van der Waals surface area (Å²) >= 11 is 0. The fraction of sp³-hybridized carbons (Fsp3) is 0.171. The number of pyridine rings is 2. The molecule has 0 spiro atoms. The smallest absolute Gasteiger partial charge is 0.261 e. The minimum atomic E-state index is -0.283. The Morgan fingerprint density at radius 3 is 1.35 bits per heavy atom. The summed E-state index contributed by atoms with van der Waals surface area (Å²) in [4.78, 5) is 71.2. The lowest BCUT2D eigenvalue weighted by Gasteiger charge is -2.46. The number of carbonyl (C=O) groups is 4. The monoisotopic (exact) mass is 670 g/mol. The lowest BCUT2D eigenvalue weighted by molar-refractivity contribution is 0.0597. The van der Waals surface area contributed by atoms with E-state index in [4.69, 9.17) is 0 Å². The number of fused-ring (bicyclic) bond motifs is 8. The van der Waals surface area contributed by atoms with E-state index >= 15 is 0 Å². The van der Waals surface area contributed by atoms with Gasteiger partial charge in [0, 0.05) is 94.8 Å². The van der Waals surface area contributed by atoms with Gasteiger partial charge in [0.05, 0.1) is 18.0 Å². The number of nitrogens with zero attached hydrogens (tertiary/aromatic N) is 6. The maximum Gasteiger partial charge on any atom is 0.261 e. The molecule has 0 aliphatic carbocycles. The zero-order valence-corrected chi connectivity index (χ0v) is 27.5. The van der Waals surface area contributed by atoms with Crippen LogP contribution in [0, 0.1) is 0 Å². The Balaban J connectivity index is 1.04. The van der Waals surface area contributed by atoms with Crippen LogP contribution in [0.5, 0.6) is 0 Å². The Labute approximate surface area is 292 Å². The van der Waals surface area contributed by atoms with Crippen LogP contribution in [-0.4, -0.2) is 63.2 Å². The van der Waals surface area contributed by atoms with Crippen molar-refractivity contribution in [1.82, 2.24) is 19.8 Å². The molecule has 10 nitrogen and oxygen atoms in total. The molecule has 2 aromatic heterocycles. The van der Waals surface area contributed by atoms with Crippen molar-refractivity contribution in [3.8, 4) is 0 Å². The summed E-state index contributed by atoms with van der Waals surface area (Å²) in [6.07, 6.45) is 7.93. The van der Waals surface area contributed by atoms with Crippen LogP contribution in [0.2, 0.25) is 0 Å². The van der Waals surface area contributed by atoms with Gasteiger partial charge in [-0.1, -0.05) is 24.3 Å². The maximum absolute atomic E-state index is 14.1. The molecule has 0 saturated heterocycles. The van der Waals surface area contributed by atoms with E-state index in [1.165, 1.54) is 9.80 Å². The third-order valence-corrected chi connectivity index (χ3v) is 10.8. The van der Waals surface area contributed by atoms with Crippen LogP contribution >= 0.6 is 0 Å². The standard InChI is InChI=1S/C41H30N6O4/c48-38-30-5-1-3-28-34(30)32(40(50)46(38)17-11-24-7-13-42-14-8-24)19-26-21-45-23-44(36(26)28)22-27-20-33-35-29(37(27)45)4-2-6-31(35)39(49)47(41(33)51)18-12-25-9-15-43-16-10-25/h1-10,13-16,19-20H,11-12,17-18,21-23H2. The van der Waals surface area contributed by atoms with Crippen LogP contribution in [0.4, 0.5) is 11.4 Å². The maximum atomic E-state index is 14.1. The Morgan fingerprint density at radius 2 is 0.922 bits per heavy atom. The summed E-state index contributed by atoms with van der Waals surface area (Å²) in [6.45, 7) is 2.20. The molecule has 6 heterocycles. The first-order chi connectivity index (χ1) is 25.0. The van der Waals surface area contributed by atoms with Crippen LogP contribution in [0.15, 0.2) is 97.6 Å². The first kappa shape index (κ1) is 29.5. The number of anilines is 2. The molecule has 10 heteroatoms. The predicted molar refractivity (Wildman–Crippen MR) is 192 cm³/mol. The molecule has 0 radical (unpaired) electrons. The highest BCUT2D eigenvalue weighted by atomic mass is 16.2. The van der Waals surface area contributed by atoms with Crippen LogP contribution in [0.1, 0.15) is 63.7 Å². The molecular formula is C41H30N6O4. The van der Waals surface area contributed by atoms with Crippen molar-refractivity contribution >= 4 is 56.5 Å².